The standard InChI is InChI=1S/C38H66N4O3.C9H18N2O.C4H10.C3H8S.C2H6.C2H4.C2H2/c1-10-11-12-13-17-24-39-31(8)25-30(7)37(44)42-34(22-20-27(2)3)35(43)23-21-29(6)32(9)41-36(28(4)5)38(45)40-26-33-18-15-14-16-19-33;1-6(2)9(7(3)10-5)11-8(4)12;1-3-4-2;1-2-3-4;3*1-2/h14-16,18-19,27-30,34-36,39,41,43H,8-13,17,20-26H2,1-7H3,(H,40,45)(H,42,44);6,9-10H,3H2,1-2,4-5H3,(H,11,12);3-4H2,1-2H3;4H,2-3H2,1H3;1-2H3;1-2H2;1-2H/t29?,30?,34-,35?,36?;9-;;;;;/m00...../s1. The van der Waals surface area contributed by atoms with Crippen molar-refractivity contribution in [2.75, 3.05) is 19.3 Å². The lowest BCUT2D eigenvalue weighted by atomic mass is 9.92. The van der Waals surface area contributed by atoms with Gasteiger partial charge in [0, 0.05) is 50.1 Å². The van der Waals surface area contributed by atoms with E-state index in [4.69, 9.17) is 0 Å². The van der Waals surface area contributed by atoms with Crippen molar-refractivity contribution in [3.05, 3.63) is 85.9 Å². The Balaban J connectivity index is -0.000000333. The Bertz CT molecular complexity index is 1440. The molecule has 1 rings (SSSR count). The molecule has 11 heteroatoms. The number of aliphatic hydroxyl groups excluding tert-OH is 1. The summed E-state index contributed by atoms with van der Waals surface area (Å²) in [4.78, 5) is 37.0. The number of likely N-dealkylation sites (N-methyl/N-ethyl adjacent to an activating group) is 1. The molecule has 414 valence electrons. The predicted molar refractivity (Wildman–Crippen MR) is 317 cm³/mol. The number of benzene rings is 1. The lowest BCUT2D eigenvalue weighted by Crippen LogP contribution is -2.47. The third-order valence-corrected chi connectivity index (χ3v) is 11.5. The van der Waals surface area contributed by atoms with Gasteiger partial charge in [0.15, 0.2) is 0 Å². The summed E-state index contributed by atoms with van der Waals surface area (Å²) in [6.07, 6.45) is 20.7. The topological polar surface area (TPSA) is 144 Å². The van der Waals surface area contributed by atoms with Crippen LogP contribution in [0.3, 0.4) is 0 Å². The van der Waals surface area contributed by atoms with Crippen molar-refractivity contribution in [3.8, 4) is 12.8 Å². The van der Waals surface area contributed by atoms with Crippen LogP contribution in [-0.4, -0.2) is 66.4 Å². The summed E-state index contributed by atoms with van der Waals surface area (Å²) in [5.41, 5.74) is 3.57. The highest BCUT2D eigenvalue weighted by Crippen LogP contribution is 2.21. The van der Waals surface area contributed by atoms with Gasteiger partial charge in [-0.25, -0.2) is 0 Å². The largest absolute Gasteiger partial charge is 0.391 e. The van der Waals surface area contributed by atoms with E-state index in [0.29, 0.717) is 37.6 Å². The Kier molecular flexibility index (Phi) is 60.9. The van der Waals surface area contributed by atoms with Gasteiger partial charge in [0.2, 0.25) is 17.7 Å². The number of hydrogen-bond donors (Lipinski definition) is 8. The van der Waals surface area contributed by atoms with E-state index in [0.717, 1.165) is 54.2 Å². The molecule has 0 spiro atoms. The van der Waals surface area contributed by atoms with Crippen LogP contribution in [0.15, 0.2) is 80.3 Å². The van der Waals surface area contributed by atoms with Gasteiger partial charge in [-0.1, -0.05) is 186 Å². The first-order valence-electron chi connectivity index (χ1n) is 26.9. The Morgan fingerprint density at radius 1 is 0.648 bits per heavy atom. The number of aliphatic hydroxyl groups is 1. The first-order valence-corrected chi connectivity index (χ1v) is 27.5. The quantitative estimate of drug-likeness (QED) is 0.0160. The fourth-order valence-electron chi connectivity index (χ4n) is 6.33. The number of amides is 3. The van der Waals surface area contributed by atoms with Crippen molar-refractivity contribution >= 4 is 30.4 Å². The smallest absolute Gasteiger partial charge is 0.243 e. The van der Waals surface area contributed by atoms with Gasteiger partial charge >= 0.3 is 0 Å². The Labute approximate surface area is 445 Å². The SMILES string of the molecule is C#C.C=C.C=C(CC(C)C(=O)N[C@@H](CCC(C)C)C(O)CCC(C)C(=C)NC(C(=O)NCc1ccccc1)C(C)C)NCCCCCCC.C=C(NC)[C@@H](NC(C)=O)C(C)C.CC.CCCC.CCCS. The molecular weight excluding hydrogens is 901 g/mol. The summed E-state index contributed by atoms with van der Waals surface area (Å²) in [5, 5.41) is 30.0. The zero-order valence-corrected chi connectivity index (χ0v) is 49.6. The highest BCUT2D eigenvalue weighted by atomic mass is 32.1. The maximum atomic E-state index is 13.2. The van der Waals surface area contributed by atoms with Crippen LogP contribution in [0, 0.1) is 42.4 Å². The molecule has 0 bridgehead atoms. The molecule has 7 N–H and O–H groups in total. The lowest BCUT2D eigenvalue weighted by molar-refractivity contribution is -0.126. The van der Waals surface area contributed by atoms with Crippen LogP contribution >= 0.6 is 12.6 Å². The summed E-state index contributed by atoms with van der Waals surface area (Å²) in [6.45, 7) is 50.2. The molecule has 71 heavy (non-hydrogen) atoms. The van der Waals surface area contributed by atoms with Crippen LogP contribution in [0.4, 0.5) is 0 Å². The van der Waals surface area contributed by atoms with Crippen molar-refractivity contribution in [1.82, 2.24) is 31.9 Å². The second-order valence-corrected chi connectivity index (χ2v) is 19.1. The first kappa shape index (κ1) is 78.3. The van der Waals surface area contributed by atoms with Gasteiger partial charge in [-0.15, -0.1) is 26.0 Å². The number of allylic oxidation sites excluding steroid dienone is 2. The molecule has 10 nitrogen and oxygen atoms in total. The molecule has 0 fully saturated rings. The van der Waals surface area contributed by atoms with Crippen LogP contribution in [0.1, 0.15) is 193 Å². The molecule has 3 amide bonds. The second-order valence-electron chi connectivity index (χ2n) is 18.7. The molecule has 0 saturated heterocycles. The van der Waals surface area contributed by atoms with E-state index in [2.05, 4.69) is 139 Å². The Morgan fingerprint density at radius 2 is 1.17 bits per heavy atom. The molecule has 6 atom stereocenters. The van der Waals surface area contributed by atoms with Crippen LogP contribution < -0.4 is 31.9 Å². The Morgan fingerprint density at radius 3 is 1.61 bits per heavy atom. The minimum Gasteiger partial charge on any atom is -0.391 e. The predicted octanol–water partition coefficient (Wildman–Crippen LogP) is 13.3. The molecule has 0 saturated carbocycles. The molecule has 1 aromatic rings. The van der Waals surface area contributed by atoms with Gasteiger partial charge in [0.1, 0.15) is 6.04 Å². The number of terminal acetylenes is 1. The minimum absolute atomic E-state index is 0.0208. The summed E-state index contributed by atoms with van der Waals surface area (Å²) in [7, 11) is 1.81. The highest BCUT2D eigenvalue weighted by molar-refractivity contribution is 7.80. The maximum Gasteiger partial charge on any atom is 0.243 e. The van der Waals surface area contributed by atoms with E-state index in [1.165, 1.54) is 51.9 Å². The van der Waals surface area contributed by atoms with Crippen LogP contribution in [-0.2, 0) is 20.9 Å². The van der Waals surface area contributed by atoms with Gasteiger partial charge in [-0.05, 0) is 79.9 Å². The van der Waals surface area contributed by atoms with Crippen LogP contribution in [0.5, 0.6) is 0 Å². The molecule has 0 radical (unpaired) electrons. The van der Waals surface area contributed by atoms with E-state index in [-0.39, 0.29) is 47.6 Å². The zero-order chi connectivity index (χ0) is 56.3. The van der Waals surface area contributed by atoms with E-state index < -0.39 is 12.1 Å². The Hall–Kier alpha value is -4.14. The van der Waals surface area contributed by atoms with Crippen molar-refractivity contribution < 1.29 is 19.5 Å². The van der Waals surface area contributed by atoms with Gasteiger partial charge in [0.25, 0.3) is 0 Å². The lowest BCUT2D eigenvalue weighted by Gasteiger charge is -2.29. The summed E-state index contributed by atoms with van der Waals surface area (Å²) in [6, 6.07) is 9.17. The van der Waals surface area contributed by atoms with Gasteiger partial charge < -0.3 is 37.0 Å². The molecule has 0 aliphatic carbocycles. The highest BCUT2D eigenvalue weighted by Gasteiger charge is 2.27. The first-order chi connectivity index (χ1) is 33.7. The average Bonchev–Trinajstić information content (AvgIpc) is 3.37. The fourth-order valence-corrected chi connectivity index (χ4v) is 6.33. The van der Waals surface area contributed by atoms with E-state index >= 15 is 0 Å². The van der Waals surface area contributed by atoms with Crippen LogP contribution in [0.2, 0.25) is 0 Å². The monoisotopic (exact) mass is 1010 g/mol. The van der Waals surface area contributed by atoms with Crippen molar-refractivity contribution in [1.29, 1.82) is 0 Å². The third kappa shape index (κ3) is 47.9. The van der Waals surface area contributed by atoms with Crippen molar-refractivity contribution in [2.24, 2.45) is 29.6 Å². The second kappa shape index (κ2) is 55.2. The van der Waals surface area contributed by atoms with Crippen molar-refractivity contribution in [2.45, 2.75) is 218 Å². The number of unbranched alkanes of at least 4 members (excludes halogenated alkanes) is 5. The molecule has 0 aliphatic heterocycles. The molecule has 0 aromatic heterocycles. The van der Waals surface area contributed by atoms with Gasteiger partial charge in [0.05, 0.1) is 18.2 Å². The number of thiol groups is 1. The molecular formula is C60H114N6O4S. The van der Waals surface area contributed by atoms with E-state index in [1.54, 1.807) is 7.05 Å². The van der Waals surface area contributed by atoms with Gasteiger partial charge in [-0.2, -0.15) is 12.6 Å². The molecule has 0 heterocycles. The maximum absolute atomic E-state index is 13.2. The minimum atomic E-state index is -0.672. The number of carbonyl (C=O) groups is 3. The average molecular weight is 1020 g/mol. The summed E-state index contributed by atoms with van der Waals surface area (Å²) in [5.74, 6) is 1.59. The fraction of sp³-hybridized carbons (Fsp3) is 0.683. The molecule has 4 unspecified atom stereocenters. The van der Waals surface area contributed by atoms with E-state index in [1.807, 2.05) is 78.8 Å². The van der Waals surface area contributed by atoms with Crippen LogP contribution in [0.25, 0.3) is 0 Å². The zero-order valence-electron chi connectivity index (χ0n) is 48.7. The summed E-state index contributed by atoms with van der Waals surface area (Å²) < 4.78 is 0. The summed E-state index contributed by atoms with van der Waals surface area (Å²) >= 11 is 3.92. The molecule has 0 aliphatic rings. The number of nitrogens with one attached hydrogen (secondary N) is 6. The van der Waals surface area contributed by atoms with Crippen molar-refractivity contribution in [3.63, 3.8) is 0 Å². The van der Waals surface area contributed by atoms with Gasteiger partial charge in [-0.3, -0.25) is 14.4 Å². The number of hydrogen-bond acceptors (Lipinski definition) is 8. The third-order valence-electron chi connectivity index (χ3n) is 11.0. The number of rotatable bonds is 31. The number of carbonyl (C=O) groups excluding carboxylic acids is 3. The molecule has 1 aromatic carbocycles. The van der Waals surface area contributed by atoms with E-state index in [9.17, 15) is 19.5 Å². The normalized spacial score (nSPS) is 12.4.